The minimum atomic E-state index is -0.713. The third kappa shape index (κ3) is 2.98. The van der Waals surface area contributed by atoms with E-state index >= 15 is 0 Å². The van der Waals surface area contributed by atoms with E-state index in [1.165, 1.54) is 0 Å². The molecule has 0 heterocycles. The number of carboxylic acids is 1. The summed E-state index contributed by atoms with van der Waals surface area (Å²) in [5.41, 5.74) is -0.711. The lowest BCUT2D eigenvalue weighted by Gasteiger charge is -2.37. The van der Waals surface area contributed by atoms with Gasteiger partial charge in [0.15, 0.2) is 0 Å². The van der Waals surface area contributed by atoms with Gasteiger partial charge in [-0.2, -0.15) is 0 Å². The second-order valence-electron chi connectivity index (χ2n) is 4.35. The summed E-state index contributed by atoms with van der Waals surface area (Å²) >= 11 is 0. The highest BCUT2D eigenvalue weighted by Crippen LogP contribution is 2.24. The van der Waals surface area contributed by atoms with Crippen molar-refractivity contribution in [2.24, 2.45) is 5.92 Å². The van der Waals surface area contributed by atoms with Gasteiger partial charge in [-0.25, -0.2) is 0 Å². The van der Waals surface area contributed by atoms with E-state index in [4.69, 9.17) is 0 Å². The lowest BCUT2D eigenvalue weighted by molar-refractivity contribution is -0.151. The zero-order chi connectivity index (χ0) is 11.4. The third-order valence-corrected chi connectivity index (χ3v) is 2.73. The Hall–Kier alpha value is -0.570. The summed E-state index contributed by atoms with van der Waals surface area (Å²) in [7, 11) is 0. The Morgan fingerprint density at radius 2 is 1.79 bits per heavy atom. The second-order valence-corrected chi connectivity index (χ2v) is 4.35. The van der Waals surface area contributed by atoms with E-state index in [9.17, 15) is 9.90 Å². The predicted molar refractivity (Wildman–Crippen MR) is 58.4 cm³/mol. The SMILES string of the molecule is CCN(CC)C(C)(CC(C)C)C(=O)O. The van der Waals surface area contributed by atoms with Crippen LogP contribution in [0.5, 0.6) is 0 Å². The Morgan fingerprint density at radius 1 is 1.36 bits per heavy atom. The van der Waals surface area contributed by atoms with Gasteiger partial charge in [0.05, 0.1) is 0 Å². The Labute approximate surface area is 87.1 Å². The molecule has 0 aliphatic heterocycles. The average Bonchev–Trinajstić information content (AvgIpc) is 2.04. The first-order valence-corrected chi connectivity index (χ1v) is 5.36. The van der Waals surface area contributed by atoms with Gasteiger partial charge in [-0.05, 0) is 32.4 Å². The van der Waals surface area contributed by atoms with E-state index in [1.54, 1.807) is 0 Å². The molecule has 0 bridgehead atoms. The van der Waals surface area contributed by atoms with Crippen LogP contribution >= 0.6 is 0 Å². The molecule has 0 spiro atoms. The molecule has 0 saturated heterocycles. The largest absolute Gasteiger partial charge is 0.480 e. The molecule has 0 aliphatic carbocycles. The standard InChI is InChI=1S/C11H23NO2/c1-6-12(7-2)11(5,10(13)14)8-9(3)4/h9H,6-8H2,1-5H3,(H,13,14). The first-order valence-electron chi connectivity index (χ1n) is 5.36. The maximum atomic E-state index is 11.3. The minimum Gasteiger partial charge on any atom is -0.480 e. The summed E-state index contributed by atoms with van der Waals surface area (Å²) < 4.78 is 0. The Bertz CT molecular complexity index is 188. The number of hydrogen-bond acceptors (Lipinski definition) is 2. The number of carboxylic acid groups (broad SMARTS) is 1. The summed E-state index contributed by atoms with van der Waals surface area (Å²) in [5.74, 6) is -0.313. The molecule has 1 unspecified atom stereocenters. The van der Waals surface area contributed by atoms with Crippen LogP contribution in [-0.4, -0.2) is 34.6 Å². The van der Waals surface area contributed by atoms with Crippen LogP contribution in [0.2, 0.25) is 0 Å². The van der Waals surface area contributed by atoms with Crippen molar-refractivity contribution < 1.29 is 9.90 Å². The number of nitrogens with zero attached hydrogens (tertiary/aromatic N) is 1. The zero-order valence-electron chi connectivity index (χ0n) is 10.0. The van der Waals surface area contributed by atoms with Gasteiger partial charge in [0.1, 0.15) is 5.54 Å². The molecule has 0 saturated carbocycles. The number of hydrogen-bond donors (Lipinski definition) is 1. The van der Waals surface area contributed by atoms with Crippen molar-refractivity contribution in [2.45, 2.75) is 46.6 Å². The van der Waals surface area contributed by atoms with Gasteiger partial charge in [0.2, 0.25) is 0 Å². The molecule has 3 heteroatoms. The van der Waals surface area contributed by atoms with E-state index in [2.05, 4.69) is 13.8 Å². The minimum absolute atomic E-state index is 0.400. The molecule has 3 nitrogen and oxygen atoms in total. The van der Waals surface area contributed by atoms with Gasteiger partial charge < -0.3 is 5.11 Å². The molecular weight excluding hydrogens is 178 g/mol. The Morgan fingerprint density at radius 3 is 2.00 bits per heavy atom. The third-order valence-electron chi connectivity index (χ3n) is 2.73. The molecule has 0 radical (unpaired) electrons. The first-order chi connectivity index (χ1) is 6.38. The van der Waals surface area contributed by atoms with Crippen LogP contribution in [0.1, 0.15) is 41.0 Å². The molecule has 0 fully saturated rings. The molecule has 0 aromatic rings. The van der Waals surface area contributed by atoms with Crippen molar-refractivity contribution in [1.82, 2.24) is 4.90 Å². The topological polar surface area (TPSA) is 40.5 Å². The smallest absolute Gasteiger partial charge is 0.323 e. The van der Waals surface area contributed by atoms with Crippen molar-refractivity contribution in [2.75, 3.05) is 13.1 Å². The van der Waals surface area contributed by atoms with E-state index in [0.29, 0.717) is 12.3 Å². The van der Waals surface area contributed by atoms with Crippen molar-refractivity contribution in [3.05, 3.63) is 0 Å². The monoisotopic (exact) mass is 201 g/mol. The number of carbonyl (C=O) groups is 1. The molecule has 0 aromatic heterocycles. The summed E-state index contributed by atoms with van der Waals surface area (Å²) in [5, 5.41) is 9.27. The highest BCUT2D eigenvalue weighted by molar-refractivity contribution is 5.78. The van der Waals surface area contributed by atoms with Crippen LogP contribution in [0.4, 0.5) is 0 Å². The van der Waals surface area contributed by atoms with Crippen LogP contribution in [0.15, 0.2) is 0 Å². The van der Waals surface area contributed by atoms with E-state index in [0.717, 1.165) is 13.1 Å². The fourth-order valence-corrected chi connectivity index (χ4v) is 2.07. The van der Waals surface area contributed by atoms with Crippen LogP contribution in [-0.2, 0) is 4.79 Å². The average molecular weight is 201 g/mol. The molecule has 84 valence electrons. The van der Waals surface area contributed by atoms with Crippen molar-refractivity contribution in [1.29, 1.82) is 0 Å². The zero-order valence-corrected chi connectivity index (χ0v) is 10.0. The predicted octanol–water partition coefficient (Wildman–Crippen LogP) is 2.22. The molecular formula is C11H23NO2. The molecule has 14 heavy (non-hydrogen) atoms. The molecule has 0 rings (SSSR count). The second kappa shape index (κ2) is 5.35. The van der Waals surface area contributed by atoms with E-state index in [1.807, 2.05) is 25.7 Å². The number of likely N-dealkylation sites (N-methyl/N-ethyl adjacent to an activating group) is 1. The van der Waals surface area contributed by atoms with Crippen molar-refractivity contribution in [3.63, 3.8) is 0 Å². The fraction of sp³-hybridized carbons (Fsp3) is 0.909. The van der Waals surface area contributed by atoms with Gasteiger partial charge in [-0.3, -0.25) is 9.69 Å². The Kier molecular flexibility index (Phi) is 5.13. The molecule has 0 aromatic carbocycles. The Balaban J connectivity index is 4.77. The first kappa shape index (κ1) is 13.4. The summed E-state index contributed by atoms with van der Waals surface area (Å²) in [6, 6.07) is 0. The van der Waals surface area contributed by atoms with Gasteiger partial charge in [0, 0.05) is 0 Å². The van der Waals surface area contributed by atoms with E-state index < -0.39 is 11.5 Å². The summed E-state index contributed by atoms with van der Waals surface area (Å²) in [4.78, 5) is 13.3. The van der Waals surface area contributed by atoms with Crippen LogP contribution < -0.4 is 0 Å². The fourth-order valence-electron chi connectivity index (χ4n) is 2.07. The lowest BCUT2D eigenvalue weighted by Crippen LogP contribution is -2.53. The van der Waals surface area contributed by atoms with Gasteiger partial charge >= 0.3 is 5.97 Å². The molecule has 0 amide bonds. The number of aliphatic carboxylic acids is 1. The van der Waals surface area contributed by atoms with Gasteiger partial charge in [-0.1, -0.05) is 27.7 Å². The van der Waals surface area contributed by atoms with Crippen LogP contribution in [0.25, 0.3) is 0 Å². The van der Waals surface area contributed by atoms with Crippen LogP contribution in [0, 0.1) is 5.92 Å². The van der Waals surface area contributed by atoms with Crippen molar-refractivity contribution >= 4 is 5.97 Å². The summed E-state index contributed by atoms with van der Waals surface area (Å²) in [6.45, 7) is 11.5. The highest BCUT2D eigenvalue weighted by Gasteiger charge is 2.38. The molecule has 1 atom stereocenters. The van der Waals surface area contributed by atoms with Crippen molar-refractivity contribution in [3.8, 4) is 0 Å². The maximum absolute atomic E-state index is 11.3. The van der Waals surface area contributed by atoms with Gasteiger partial charge in [0.25, 0.3) is 0 Å². The summed E-state index contributed by atoms with van der Waals surface area (Å²) in [6.07, 6.45) is 0.698. The van der Waals surface area contributed by atoms with Gasteiger partial charge in [-0.15, -0.1) is 0 Å². The lowest BCUT2D eigenvalue weighted by atomic mass is 9.89. The number of rotatable bonds is 6. The van der Waals surface area contributed by atoms with E-state index in [-0.39, 0.29) is 0 Å². The molecule has 0 aliphatic rings. The highest BCUT2D eigenvalue weighted by atomic mass is 16.4. The van der Waals surface area contributed by atoms with Crippen LogP contribution in [0.3, 0.4) is 0 Å². The maximum Gasteiger partial charge on any atom is 0.323 e. The molecule has 1 N–H and O–H groups in total. The normalized spacial score (nSPS) is 15.9. The quantitative estimate of drug-likeness (QED) is 0.716.